The van der Waals surface area contributed by atoms with Gasteiger partial charge < -0.3 is 10.6 Å². The summed E-state index contributed by atoms with van der Waals surface area (Å²) in [6, 6.07) is 18.7. The summed E-state index contributed by atoms with van der Waals surface area (Å²) in [5.41, 5.74) is 9.75. The predicted octanol–water partition coefficient (Wildman–Crippen LogP) is 2.54. The van der Waals surface area contributed by atoms with Gasteiger partial charge in [-0.05, 0) is 16.7 Å². The molecule has 0 aliphatic carbocycles. The van der Waals surface area contributed by atoms with E-state index < -0.39 is 0 Å². The molecule has 1 aliphatic heterocycles. The van der Waals surface area contributed by atoms with Crippen molar-refractivity contribution in [1.29, 1.82) is 0 Å². The van der Waals surface area contributed by atoms with Gasteiger partial charge in [0.1, 0.15) is 6.04 Å². The fourth-order valence-electron chi connectivity index (χ4n) is 2.47. The van der Waals surface area contributed by atoms with E-state index in [1.54, 1.807) is 0 Å². The lowest BCUT2D eigenvalue weighted by atomic mass is 9.95. The summed E-state index contributed by atoms with van der Waals surface area (Å²) >= 11 is 0. The van der Waals surface area contributed by atoms with Crippen molar-refractivity contribution >= 4 is 5.96 Å². The second-order valence-corrected chi connectivity index (χ2v) is 4.86. The van der Waals surface area contributed by atoms with E-state index >= 15 is 0 Å². The number of nitrogens with zero attached hydrogens (tertiary/aromatic N) is 2. The first-order valence-electron chi connectivity index (χ1n) is 6.43. The van der Waals surface area contributed by atoms with E-state index in [0.29, 0.717) is 5.96 Å². The van der Waals surface area contributed by atoms with Crippen molar-refractivity contribution < 1.29 is 0 Å². The van der Waals surface area contributed by atoms with Crippen LogP contribution in [0, 0.1) is 0 Å². The summed E-state index contributed by atoms with van der Waals surface area (Å²) in [5.74, 6) is 0.588. The Morgan fingerprint density at radius 1 is 1.05 bits per heavy atom. The molecule has 2 aromatic carbocycles. The average Bonchev–Trinajstić information content (AvgIpc) is 2.58. The normalized spacial score (nSPS) is 18.5. The maximum Gasteiger partial charge on any atom is 0.192 e. The molecule has 0 fully saturated rings. The zero-order valence-electron chi connectivity index (χ0n) is 11.0. The lowest BCUT2D eigenvalue weighted by Gasteiger charge is -2.15. The first-order chi connectivity index (χ1) is 9.25. The third-order valence-electron chi connectivity index (χ3n) is 3.52. The molecule has 3 heteroatoms. The Kier molecular flexibility index (Phi) is 2.95. The SMILES string of the molecule is CN1Cc2ccccc2[C@@H](c2ccccc2)N=C1N. The zero-order chi connectivity index (χ0) is 13.2. The van der Waals surface area contributed by atoms with Gasteiger partial charge in [0.15, 0.2) is 5.96 Å². The van der Waals surface area contributed by atoms with Crippen LogP contribution in [0.1, 0.15) is 22.7 Å². The average molecular weight is 251 g/mol. The van der Waals surface area contributed by atoms with Crippen LogP contribution >= 0.6 is 0 Å². The van der Waals surface area contributed by atoms with Crippen LogP contribution in [0.2, 0.25) is 0 Å². The molecule has 0 saturated carbocycles. The number of guanidine groups is 1. The second kappa shape index (κ2) is 4.76. The molecule has 96 valence electrons. The van der Waals surface area contributed by atoms with Crippen molar-refractivity contribution in [3.8, 4) is 0 Å². The van der Waals surface area contributed by atoms with E-state index in [1.165, 1.54) is 16.7 Å². The summed E-state index contributed by atoms with van der Waals surface area (Å²) in [7, 11) is 1.98. The van der Waals surface area contributed by atoms with Gasteiger partial charge in [-0.3, -0.25) is 0 Å². The zero-order valence-corrected chi connectivity index (χ0v) is 11.0. The molecule has 1 aliphatic rings. The van der Waals surface area contributed by atoms with Crippen LogP contribution in [0.3, 0.4) is 0 Å². The molecule has 2 N–H and O–H groups in total. The standard InChI is InChI=1S/C16H17N3/c1-19-11-13-9-5-6-10-14(13)15(18-16(19)17)12-7-3-2-4-8-12/h2-10,15H,11H2,1H3,(H2,17,18)/t15-/m1/s1. The van der Waals surface area contributed by atoms with Crippen molar-refractivity contribution in [2.24, 2.45) is 10.7 Å². The molecular formula is C16H17N3. The number of nitrogens with two attached hydrogens (primary N) is 1. The minimum Gasteiger partial charge on any atom is -0.370 e. The molecule has 0 amide bonds. The highest BCUT2D eigenvalue weighted by molar-refractivity contribution is 5.79. The lowest BCUT2D eigenvalue weighted by molar-refractivity contribution is 0.497. The van der Waals surface area contributed by atoms with Crippen LogP contribution in [0.5, 0.6) is 0 Å². The summed E-state index contributed by atoms with van der Waals surface area (Å²) in [6.45, 7) is 0.800. The Morgan fingerprint density at radius 2 is 1.74 bits per heavy atom. The van der Waals surface area contributed by atoms with Gasteiger partial charge in [-0.2, -0.15) is 0 Å². The fourth-order valence-corrected chi connectivity index (χ4v) is 2.47. The van der Waals surface area contributed by atoms with Crippen molar-refractivity contribution in [3.63, 3.8) is 0 Å². The largest absolute Gasteiger partial charge is 0.370 e. The molecule has 1 heterocycles. The highest BCUT2D eigenvalue weighted by Crippen LogP contribution is 2.31. The molecule has 3 nitrogen and oxygen atoms in total. The van der Waals surface area contributed by atoms with Gasteiger partial charge in [0.25, 0.3) is 0 Å². The van der Waals surface area contributed by atoms with Gasteiger partial charge in [-0.1, -0.05) is 54.6 Å². The molecule has 2 aromatic rings. The summed E-state index contributed by atoms with van der Waals surface area (Å²) in [6.07, 6.45) is 0. The predicted molar refractivity (Wildman–Crippen MR) is 77.8 cm³/mol. The topological polar surface area (TPSA) is 41.6 Å². The van der Waals surface area contributed by atoms with Gasteiger partial charge in [0.2, 0.25) is 0 Å². The number of fused-ring (bicyclic) bond motifs is 1. The van der Waals surface area contributed by atoms with Crippen LogP contribution in [0.25, 0.3) is 0 Å². The first-order valence-corrected chi connectivity index (χ1v) is 6.43. The van der Waals surface area contributed by atoms with Crippen LogP contribution < -0.4 is 5.73 Å². The highest BCUT2D eigenvalue weighted by atomic mass is 15.2. The monoisotopic (exact) mass is 251 g/mol. The van der Waals surface area contributed by atoms with Gasteiger partial charge in [0, 0.05) is 13.6 Å². The highest BCUT2D eigenvalue weighted by Gasteiger charge is 2.21. The summed E-state index contributed by atoms with van der Waals surface area (Å²) in [4.78, 5) is 6.68. The number of hydrogen-bond donors (Lipinski definition) is 1. The molecular weight excluding hydrogens is 234 g/mol. The van der Waals surface area contributed by atoms with Gasteiger partial charge in [-0.15, -0.1) is 0 Å². The minimum atomic E-state index is -0.0117. The van der Waals surface area contributed by atoms with Crippen LogP contribution in [-0.2, 0) is 6.54 Å². The second-order valence-electron chi connectivity index (χ2n) is 4.86. The van der Waals surface area contributed by atoms with Crippen LogP contribution in [-0.4, -0.2) is 17.9 Å². The molecule has 3 rings (SSSR count). The van der Waals surface area contributed by atoms with Crippen LogP contribution in [0.4, 0.5) is 0 Å². The van der Waals surface area contributed by atoms with Crippen molar-refractivity contribution in [2.75, 3.05) is 7.05 Å². The molecule has 0 spiro atoms. The van der Waals surface area contributed by atoms with Crippen molar-refractivity contribution in [3.05, 3.63) is 71.3 Å². The third-order valence-corrected chi connectivity index (χ3v) is 3.52. The molecule has 1 atom stereocenters. The molecule has 0 radical (unpaired) electrons. The molecule has 0 saturated heterocycles. The Hall–Kier alpha value is -2.29. The molecule has 0 aromatic heterocycles. The smallest absolute Gasteiger partial charge is 0.192 e. The first kappa shape index (κ1) is 11.8. The van der Waals surface area contributed by atoms with Crippen LogP contribution in [0.15, 0.2) is 59.6 Å². The maximum absolute atomic E-state index is 6.06. The van der Waals surface area contributed by atoms with Crippen molar-refractivity contribution in [1.82, 2.24) is 4.90 Å². The number of benzene rings is 2. The minimum absolute atomic E-state index is 0.0117. The van der Waals surface area contributed by atoms with E-state index in [2.05, 4.69) is 41.4 Å². The Labute approximate surface area is 113 Å². The third kappa shape index (κ3) is 2.19. The van der Waals surface area contributed by atoms with E-state index in [9.17, 15) is 0 Å². The van der Waals surface area contributed by atoms with Gasteiger partial charge in [0.05, 0.1) is 0 Å². The Morgan fingerprint density at radius 3 is 2.53 bits per heavy atom. The fraction of sp³-hybridized carbons (Fsp3) is 0.188. The Bertz CT molecular complexity index is 604. The molecule has 0 bridgehead atoms. The molecule has 0 unspecified atom stereocenters. The van der Waals surface area contributed by atoms with E-state index in [-0.39, 0.29) is 6.04 Å². The summed E-state index contributed by atoms with van der Waals surface area (Å²) < 4.78 is 0. The summed E-state index contributed by atoms with van der Waals surface area (Å²) in [5, 5.41) is 0. The van der Waals surface area contributed by atoms with E-state index in [4.69, 9.17) is 5.73 Å². The van der Waals surface area contributed by atoms with E-state index in [0.717, 1.165) is 6.54 Å². The number of hydrogen-bond acceptors (Lipinski definition) is 3. The lowest BCUT2D eigenvalue weighted by Crippen LogP contribution is -2.32. The maximum atomic E-state index is 6.06. The number of rotatable bonds is 1. The van der Waals surface area contributed by atoms with Gasteiger partial charge >= 0.3 is 0 Å². The Balaban J connectivity index is 2.16. The molecule has 19 heavy (non-hydrogen) atoms. The van der Waals surface area contributed by atoms with Crippen molar-refractivity contribution in [2.45, 2.75) is 12.6 Å². The van der Waals surface area contributed by atoms with Gasteiger partial charge in [-0.25, -0.2) is 4.99 Å². The van der Waals surface area contributed by atoms with E-state index in [1.807, 2.05) is 30.1 Å². The number of aliphatic imine (C=N–C) groups is 1. The quantitative estimate of drug-likeness (QED) is 0.846.